The van der Waals surface area contributed by atoms with E-state index in [2.05, 4.69) is 43.8 Å². The maximum atomic E-state index is 12.9. The summed E-state index contributed by atoms with van der Waals surface area (Å²) in [6.07, 6.45) is 7.05. The van der Waals surface area contributed by atoms with Gasteiger partial charge in [0.25, 0.3) is 0 Å². The molecule has 0 aliphatic carbocycles. The molecule has 0 spiro atoms. The van der Waals surface area contributed by atoms with Gasteiger partial charge in [0.2, 0.25) is 5.91 Å². The predicted octanol–water partition coefficient (Wildman–Crippen LogP) is 3.19. The molecule has 30 heavy (non-hydrogen) atoms. The van der Waals surface area contributed by atoms with E-state index < -0.39 is 0 Å². The van der Waals surface area contributed by atoms with Crippen LogP contribution in [0.15, 0.2) is 55.1 Å². The number of carbonyl (C=O) groups excluding carboxylic acids is 1. The number of benzene rings is 1. The van der Waals surface area contributed by atoms with Crippen LogP contribution in [0.3, 0.4) is 0 Å². The molecule has 2 atom stereocenters. The van der Waals surface area contributed by atoms with E-state index in [-0.39, 0.29) is 30.4 Å². The van der Waals surface area contributed by atoms with Gasteiger partial charge in [0, 0.05) is 51.8 Å². The predicted molar refractivity (Wildman–Crippen MR) is 119 cm³/mol. The molecule has 7 nitrogen and oxygen atoms in total. The minimum absolute atomic E-state index is 0. The van der Waals surface area contributed by atoms with Crippen molar-refractivity contribution in [1.29, 1.82) is 0 Å². The Hall–Kier alpha value is -2.35. The van der Waals surface area contributed by atoms with Gasteiger partial charge in [-0.2, -0.15) is 5.10 Å². The fraction of sp³-hybridized carbons (Fsp3) is 0.381. The quantitative estimate of drug-likeness (QED) is 0.601. The van der Waals surface area contributed by atoms with Crippen molar-refractivity contribution < 1.29 is 4.79 Å². The van der Waals surface area contributed by atoms with Gasteiger partial charge in [-0.15, -0.1) is 12.4 Å². The normalized spacial score (nSPS) is 16.7. The summed E-state index contributed by atoms with van der Waals surface area (Å²) in [7, 11) is 2.02. The highest BCUT2D eigenvalue weighted by atomic mass is 35.5. The van der Waals surface area contributed by atoms with Gasteiger partial charge in [-0.25, -0.2) is 4.98 Å². The van der Waals surface area contributed by atoms with Crippen LogP contribution in [0.4, 0.5) is 0 Å². The second-order valence-corrected chi connectivity index (χ2v) is 7.82. The molecule has 0 N–H and O–H groups in total. The summed E-state index contributed by atoms with van der Waals surface area (Å²) in [6.45, 7) is 4.77. The lowest BCUT2D eigenvalue weighted by molar-refractivity contribution is -0.136. The molecule has 3 aromatic rings. The highest BCUT2D eigenvalue weighted by Gasteiger charge is 2.32. The topological polar surface area (TPSA) is 59.2 Å². The number of aromatic nitrogens is 4. The zero-order valence-corrected chi connectivity index (χ0v) is 18.6. The van der Waals surface area contributed by atoms with Crippen molar-refractivity contribution >= 4 is 29.9 Å². The number of halogens is 2. The van der Waals surface area contributed by atoms with Gasteiger partial charge >= 0.3 is 0 Å². The second-order valence-electron chi connectivity index (χ2n) is 7.39. The highest BCUT2D eigenvalue weighted by molar-refractivity contribution is 6.30. The van der Waals surface area contributed by atoms with Gasteiger partial charge in [-0.3, -0.25) is 14.4 Å². The van der Waals surface area contributed by atoms with E-state index in [1.165, 1.54) is 5.56 Å². The number of hydrogen-bond acceptors (Lipinski definition) is 4. The molecule has 9 heteroatoms. The number of aryl methyl sites for hydroxylation is 1. The summed E-state index contributed by atoms with van der Waals surface area (Å²) in [6, 6.07) is 10.1. The number of hydrogen-bond donors (Lipinski definition) is 0. The monoisotopic (exact) mass is 448 g/mol. The molecular weight excluding hydrogens is 423 g/mol. The Morgan fingerprint density at radius 2 is 1.83 bits per heavy atom. The van der Waals surface area contributed by atoms with Gasteiger partial charge in [0.05, 0.1) is 17.3 Å². The van der Waals surface area contributed by atoms with E-state index in [4.69, 9.17) is 11.6 Å². The molecule has 3 heterocycles. The maximum absolute atomic E-state index is 12.9. The van der Waals surface area contributed by atoms with Gasteiger partial charge in [0.1, 0.15) is 11.9 Å². The molecule has 1 amide bonds. The molecular formula is C21H26Cl2N6O. The molecule has 0 radical (unpaired) electrons. The first kappa shape index (κ1) is 22.3. The van der Waals surface area contributed by atoms with Crippen LogP contribution >= 0.6 is 24.0 Å². The van der Waals surface area contributed by atoms with Crippen molar-refractivity contribution in [2.24, 2.45) is 7.05 Å². The number of nitrogens with zero attached hydrogens (tertiary/aromatic N) is 6. The Morgan fingerprint density at radius 1 is 1.13 bits per heavy atom. The number of rotatable bonds is 5. The molecule has 1 aliphatic rings. The largest absolute Gasteiger partial charge is 0.338 e. The lowest BCUT2D eigenvalue weighted by Crippen LogP contribution is -2.51. The van der Waals surface area contributed by atoms with Crippen LogP contribution in [0.5, 0.6) is 0 Å². The molecule has 4 rings (SSSR count). The Balaban J connectivity index is 0.00000256. The Morgan fingerprint density at radius 3 is 2.40 bits per heavy atom. The van der Waals surface area contributed by atoms with Crippen LogP contribution in [0.25, 0.3) is 0 Å². The average Bonchev–Trinajstić information content (AvgIpc) is 3.37. The first-order chi connectivity index (χ1) is 14.0. The summed E-state index contributed by atoms with van der Waals surface area (Å²) in [5.41, 5.74) is 1.21. The second kappa shape index (κ2) is 9.64. The Kier molecular flexibility index (Phi) is 7.18. The third kappa shape index (κ3) is 4.53. The molecule has 1 saturated heterocycles. The molecule has 0 saturated carbocycles. The summed E-state index contributed by atoms with van der Waals surface area (Å²) in [5, 5.41) is 4.71. The van der Waals surface area contributed by atoms with Crippen molar-refractivity contribution in [2.75, 3.05) is 26.2 Å². The Labute approximate surface area is 187 Å². The summed E-state index contributed by atoms with van der Waals surface area (Å²) >= 11 is 5.95. The lowest BCUT2D eigenvalue weighted by Gasteiger charge is -2.39. The van der Waals surface area contributed by atoms with Gasteiger partial charge < -0.3 is 9.47 Å². The van der Waals surface area contributed by atoms with Crippen LogP contribution in [0.1, 0.15) is 30.4 Å². The zero-order chi connectivity index (χ0) is 20.4. The molecule has 2 aromatic heterocycles. The van der Waals surface area contributed by atoms with Gasteiger partial charge in [0.15, 0.2) is 0 Å². The maximum Gasteiger partial charge on any atom is 0.247 e. The summed E-state index contributed by atoms with van der Waals surface area (Å²) in [4.78, 5) is 21.8. The van der Waals surface area contributed by atoms with E-state index in [9.17, 15) is 4.79 Å². The average molecular weight is 449 g/mol. The minimum Gasteiger partial charge on any atom is -0.338 e. The summed E-state index contributed by atoms with van der Waals surface area (Å²) < 4.78 is 3.69. The van der Waals surface area contributed by atoms with Gasteiger partial charge in [-0.1, -0.05) is 41.9 Å². The molecule has 160 valence electrons. The van der Waals surface area contributed by atoms with Crippen LogP contribution in [-0.2, 0) is 11.8 Å². The molecule has 1 fully saturated rings. The third-order valence-corrected chi connectivity index (χ3v) is 5.73. The van der Waals surface area contributed by atoms with E-state index >= 15 is 0 Å². The van der Waals surface area contributed by atoms with Crippen molar-refractivity contribution in [2.45, 2.75) is 19.0 Å². The number of amides is 1. The van der Waals surface area contributed by atoms with Crippen LogP contribution in [-0.4, -0.2) is 61.2 Å². The van der Waals surface area contributed by atoms with Crippen molar-refractivity contribution in [1.82, 2.24) is 29.1 Å². The fourth-order valence-electron chi connectivity index (χ4n) is 3.90. The van der Waals surface area contributed by atoms with E-state index in [0.717, 1.165) is 18.9 Å². The van der Waals surface area contributed by atoms with Crippen LogP contribution in [0, 0.1) is 0 Å². The van der Waals surface area contributed by atoms with E-state index in [1.54, 1.807) is 17.1 Å². The van der Waals surface area contributed by atoms with Crippen molar-refractivity contribution in [3.63, 3.8) is 0 Å². The standard InChI is InChI=1S/C21H25ClN6O.ClH/c1-16(28-15-18(22)14-24-28)21(29)27-12-10-26(11-13-27)19(17-6-4-3-5-7-17)20-23-8-9-25(20)2;/h3-9,14-16,19H,10-13H2,1-2H3;1H. The number of imidazole rings is 1. The zero-order valence-electron chi connectivity index (χ0n) is 17.1. The van der Waals surface area contributed by atoms with Crippen LogP contribution in [0.2, 0.25) is 5.02 Å². The van der Waals surface area contributed by atoms with E-state index in [1.807, 2.05) is 37.3 Å². The first-order valence-corrected chi connectivity index (χ1v) is 10.2. The molecule has 2 unspecified atom stereocenters. The third-order valence-electron chi connectivity index (χ3n) is 5.53. The van der Waals surface area contributed by atoms with Crippen LogP contribution < -0.4 is 0 Å². The van der Waals surface area contributed by atoms with Crippen molar-refractivity contribution in [3.05, 3.63) is 71.5 Å². The minimum atomic E-state index is -0.367. The highest BCUT2D eigenvalue weighted by Crippen LogP contribution is 2.28. The molecule has 0 bridgehead atoms. The van der Waals surface area contributed by atoms with E-state index in [0.29, 0.717) is 18.1 Å². The smallest absolute Gasteiger partial charge is 0.247 e. The van der Waals surface area contributed by atoms with Crippen molar-refractivity contribution in [3.8, 4) is 0 Å². The first-order valence-electron chi connectivity index (χ1n) is 9.79. The lowest BCUT2D eigenvalue weighted by atomic mass is 10.0. The number of carbonyl (C=O) groups is 1. The van der Waals surface area contributed by atoms with Gasteiger partial charge in [-0.05, 0) is 12.5 Å². The summed E-state index contributed by atoms with van der Waals surface area (Å²) in [5.74, 6) is 1.08. The SMILES string of the molecule is CC(C(=O)N1CCN(C(c2ccccc2)c2nccn2C)CC1)n1cc(Cl)cn1.Cl. The fourth-order valence-corrected chi connectivity index (χ4v) is 4.05. The Bertz CT molecular complexity index is 965. The number of piperazine rings is 1. The molecule has 1 aliphatic heterocycles. The molecule has 1 aromatic carbocycles.